The second-order valence-corrected chi connectivity index (χ2v) is 3.25. The zero-order chi connectivity index (χ0) is 12.3. The van der Waals surface area contributed by atoms with Gasteiger partial charge in [-0.05, 0) is 11.8 Å². The maximum absolute atomic E-state index is 11.5. The van der Waals surface area contributed by atoms with Gasteiger partial charge in [-0.2, -0.15) is 0 Å². The third-order valence-corrected chi connectivity index (χ3v) is 2.12. The van der Waals surface area contributed by atoms with Gasteiger partial charge in [0, 0.05) is 7.05 Å². The molecule has 1 aromatic rings. The Bertz CT molecular complexity index is 400. The average molecular weight is 228 g/mol. The number of rotatable bonds is 4. The van der Waals surface area contributed by atoms with Crippen LogP contribution >= 0.6 is 0 Å². The molecule has 1 unspecified atom stereocenters. The minimum Gasteiger partial charge on any atom is -0.390 e. The molecular weight excluding hydrogens is 216 g/mol. The van der Waals surface area contributed by atoms with Gasteiger partial charge in [0.1, 0.15) is 18.6 Å². The topological polar surface area (TPSA) is 102 Å². The van der Waals surface area contributed by atoms with Crippen molar-refractivity contribution >= 4 is 11.9 Å². The lowest BCUT2D eigenvalue weighted by Crippen LogP contribution is -2.37. The summed E-state index contributed by atoms with van der Waals surface area (Å²) < 4.78 is 1.11. The van der Waals surface area contributed by atoms with E-state index in [1.807, 2.05) is 0 Å². The van der Waals surface area contributed by atoms with E-state index in [-0.39, 0.29) is 6.54 Å². The van der Waals surface area contributed by atoms with Crippen LogP contribution in [0.3, 0.4) is 0 Å². The predicted octanol–water partition coefficient (Wildman–Crippen LogP) is -0.412. The monoisotopic (exact) mass is 228 g/mol. The van der Waals surface area contributed by atoms with E-state index in [4.69, 9.17) is 5.11 Å². The van der Waals surface area contributed by atoms with Gasteiger partial charge in [-0.15, -0.1) is 0 Å². The fourth-order valence-corrected chi connectivity index (χ4v) is 1.06. The first-order valence-corrected chi connectivity index (χ1v) is 4.52. The molecule has 0 saturated heterocycles. The van der Waals surface area contributed by atoms with Gasteiger partial charge in [0.05, 0.1) is 0 Å². The first kappa shape index (κ1) is 12.1. The standard InChI is InChI=1S/C8H12N4O4/c1-6(13)10(2)7(14)5-11-4-3-9-8(11)12(15)16/h3-4,6,13H,5H2,1-2H3. The smallest absolute Gasteiger partial charge is 0.390 e. The fraction of sp³-hybridized carbons (Fsp3) is 0.500. The summed E-state index contributed by atoms with van der Waals surface area (Å²) in [5.74, 6) is -0.830. The molecule has 8 nitrogen and oxygen atoms in total. The molecule has 0 spiro atoms. The Balaban J connectivity index is 2.77. The zero-order valence-electron chi connectivity index (χ0n) is 8.90. The SMILES string of the molecule is CC(O)N(C)C(=O)Cn1ccnc1[N+](=O)[O-]. The lowest BCUT2D eigenvalue weighted by atomic mass is 10.4. The molecule has 1 amide bonds. The van der Waals surface area contributed by atoms with Crippen LogP contribution in [0.5, 0.6) is 0 Å². The Morgan fingerprint density at radius 2 is 2.44 bits per heavy atom. The van der Waals surface area contributed by atoms with Crippen molar-refractivity contribution in [3.05, 3.63) is 22.5 Å². The molecule has 1 rings (SSSR count). The maximum Gasteiger partial charge on any atom is 0.435 e. The number of carbonyl (C=O) groups is 1. The molecule has 1 N–H and O–H groups in total. The lowest BCUT2D eigenvalue weighted by molar-refractivity contribution is -0.396. The molecule has 0 fully saturated rings. The van der Waals surface area contributed by atoms with Crippen LogP contribution in [0.4, 0.5) is 5.95 Å². The third kappa shape index (κ3) is 2.54. The van der Waals surface area contributed by atoms with Crippen molar-refractivity contribution in [2.75, 3.05) is 7.05 Å². The van der Waals surface area contributed by atoms with E-state index in [0.29, 0.717) is 0 Å². The first-order chi connectivity index (χ1) is 7.43. The molecular formula is C8H12N4O4. The van der Waals surface area contributed by atoms with Crippen LogP contribution in [0, 0.1) is 10.1 Å². The highest BCUT2D eigenvalue weighted by molar-refractivity contribution is 5.76. The van der Waals surface area contributed by atoms with Crippen LogP contribution in [0.2, 0.25) is 0 Å². The summed E-state index contributed by atoms with van der Waals surface area (Å²) in [7, 11) is 1.41. The minimum absolute atomic E-state index is 0.224. The number of likely N-dealkylation sites (N-methyl/N-ethyl adjacent to an activating group) is 1. The molecule has 0 aromatic carbocycles. The molecule has 8 heteroatoms. The number of carbonyl (C=O) groups excluding carboxylic acids is 1. The van der Waals surface area contributed by atoms with Crippen LogP contribution in [-0.4, -0.2) is 43.7 Å². The molecule has 88 valence electrons. The summed E-state index contributed by atoms with van der Waals surface area (Å²) in [6, 6.07) is 0. The van der Waals surface area contributed by atoms with Gasteiger partial charge in [0.25, 0.3) is 5.91 Å². The van der Waals surface area contributed by atoms with Crippen LogP contribution in [0.15, 0.2) is 12.4 Å². The van der Waals surface area contributed by atoms with E-state index in [1.54, 1.807) is 0 Å². The zero-order valence-corrected chi connectivity index (χ0v) is 8.90. The molecule has 0 aliphatic heterocycles. The van der Waals surface area contributed by atoms with E-state index in [1.165, 1.54) is 26.4 Å². The van der Waals surface area contributed by atoms with Crippen molar-refractivity contribution in [1.29, 1.82) is 0 Å². The van der Waals surface area contributed by atoms with Gasteiger partial charge < -0.3 is 20.1 Å². The molecule has 0 aliphatic rings. The molecule has 0 aliphatic carbocycles. The number of nitro groups is 1. The summed E-state index contributed by atoms with van der Waals surface area (Å²) in [5, 5.41) is 19.7. The normalized spacial score (nSPS) is 12.2. The first-order valence-electron chi connectivity index (χ1n) is 4.52. The highest BCUT2D eigenvalue weighted by Crippen LogP contribution is 2.08. The lowest BCUT2D eigenvalue weighted by Gasteiger charge is -2.19. The predicted molar refractivity (Wildman–Crippen MR) is 53.3 cm³/mol. The number of aliphatic hydroxyl groups is 1. The van der Waals surface area contributed by atoms with Gasteiger partial charge in [-0.1, -0.05) is 4.98 Å². The molecule has 0 bridgehead atoms. The van der Waals surface area contributed by atoms with E-state index >= 15 is 0 Å². The van der Waals surface area contributed by atoms with Gasteiger partial charge in [0.2, 0.25) is 0 Å². The number of aliphatic hydroxyl groups excluding tert-OH is 1. The van der Waals surface area contributed by atoms with E-state index in [9.17, 15) is 14.9 Å². The van der Waals surface area contributed by atoms with Crippen LogP contribution in [0.1, 0.15) is 6.92 Å². The van der Waals surface area contributed by atoms with E-state index in [0.717, 1.165) is 9.47 Å². The number of amides is 1. The van der Waals surface area contributed by atoms with Crippen molar-refractivity contribution in [2.45, 2.75) is 19.7 Å². The average Bonchev–Trinajstić information content (AvgIpc) is 2.64. The largest absolute Gasteiger partial charge is 0.435 e. The third-order valence-electron chi connectivity index (χ3n) is 2.12. The van der Waals surface area contributed by atoms with Crippen LogP contribution in [-0.2, 0) is 11.3 Å². The maximum atomic E-state index is 11.5. The minimum atomic E-state index is -0.935. The van der Waals surface area contributed by atoms with Crippen molar-refractivity contribution in [3.8, 4) is 0 Å². The van der Waals surface area contributed by atoms with Crippen molar-refractivity contribution in [3.63, 3.8) is 0 Å². The van der Waals surface area contributed by atoms with Gasteiger partial charge in [0.15, 0.2) is 6.54 Å². The fourth-order valence-electron chi connectivity index (χ4n) is 1.06. The summed E-state index contributed by atoms with van der Waals surface area (Å²) in [5.41, 5.74) is 0. The summed E-state index contributed by atoms with van der Waals surface area (Å²) >= 11 is 0. The number of imidazole rings is 1. The van der Waals surface area contributed by atoms with Crippen molar-refractivity contribution in [2.24, 2.45) is 0 Å². The van der Waals surface area contributed by atoms with Gasteiger partial charge in [-0.3, -0.25) is 4.79 Å². The van der Waals surface area contributed by atoms with E-state index < -0.39 is 23.0 Å². The Kier molecular flexibility index (Phi) is 3.56. The van der Waals surface area contributed by atoms with Crippen LogP contribution < -0.4 is 0 Å². The Hall–Kier alpha value is -1.96. The molecule has 0 saturated carbocycles. The van der Waals surface area contributed by atoms with Crippen LogP contribution in [0.25, 0.3) is 0 Å². The Labute approximate surface area is 91.3 Å². The highest BCUT2D eigenvalue weighted by Gasteiger charge is 2.20. The van der Waals surface area contributed by atoms with Crippen molar-refractivity contribution < 1.29 is 14.8 Å². The molecule has 1 aromatic heterocycles. The highest BCUT2D eigenvalue weighted by atomic mass is 16.6. The quantitative estimate of drug-likeness (QED) is 0.428. The van der Waals surface area contributed by atoms with Gasteiger partial charge in [-0.25, -0.2) is 4.57 Å². The van der Waals surface area contributed by atoms with Gasteiger partial charge >= 0.3 is 5.95 Å². The molecule has 0 radical (unpaired) electrons. The Morgan fingerprint density at radius 1 is 1.81 bits per heavy atom. The second kappa shape index (κ2) is 4.71. The number of nitrogens with zero attached hydrogens (tertiary/aromatic N) is 4. The Morgan fingerprint density at radius 3 is 2.94 bits per heavy atom. The number of hydrogen-bond acceptors (Lipinski definition) is 5. The molecule has 16 heavy (non-hydrogen) atoms. The number of aromatic nitrogens is 2. The summed E-state index contributed by atoms with van der Waals surface area (Å²) in [6.07, 6.45) is 1.65. The second-order valence-electron chi connectivity index (χ2n) is 3.25. The molecule has 1 heterocycles. The molecule has 1 atom stereocenters. The summed E-state index contributed by atoms with van der Waals surface area (Å²) in [4.78, 5) is 26.0. The summed E-state index contributed by atoms with van der Waals surface area (Å²) in [6.45, 7) is 1.21. The number of hydrogen-bond donors (Lipinski definition) is 1. The van der Waals surface area contributed by atoms with E-state index in [2.05, 4.69) is 4.98 Å². The van der Waals surface area contributed by atoms with Crippen molar-refractivity contribution in [1.82, 2.24) is 14.5 Å².